The predicted octanol–water partition coefficient (Wildman–Crippen LogP) is 2.87. The molecule has 0 aliphatic carbocycles. The van der Waals surface area contributed by atoms with Gasteiger partial charge in [0.15, 0.2) is 0 Å². The number of hydrogen-bond acceptors (Lipinski definition) is 4. The number of piperidine rings is 1. The van der Waals surface area contributed by atoms with E-state index < -0.39 is 0 Å². The number of nitrogens with one attached hydrogen (secondary N) is 1. The summed E-state index contributed by atoms with van der Waals surface area (Å²) in [7, 11) is 0. The summed E-state index contributed by atoms with van der Waals surface area (Å²) in [5.41, 5.74) is 2.45. The molecule has 0 bridgehead atoms. The number of aromatic nitrogens is 2. The lowest BCUT2D eigenvalue weighted by molar-refractivity contribution is -0.119. The molecule has 1 aromatic heterocycles. The van der Waals surface area contributed by atoms with Crippen molar-refractivity contribution in [2.45, 2.75) is 45.1 Å². The lowest BCUT2D eigenvalue weighted by Gasteiger charge is -2.31. The number of nitrogens with zero attached hydrogens (tertiary/aromatic N) is 3. The Kier molecular flexibility index (Phi) is 4.68. The van der Waals surface area contributed by atoms with Gasteiger partial charge in [0.25, 0.3) is 0 Å². The highest BCUT2D eigenvalue weighted by atomic mass is 19.1. The normalized spacial score (nSPS) is 20.2. The second-order valence-electron chi connectivity index (χ2n) is 7.08. The Morgan fingerprint density at radius 1 is 1.27 bits per heavy atom. The van der Waals surface area contributed by atoms with E-state index in [1.54, 1.807) is 23.1 Å². The van der Waals surface area contributed by atoms with Crippen LogP contribution in [0.2, 0.25) is 0 Å². The largest absolute Gasteiger partial charge is 0.316 e. The molecular weight excluding hydrogens is 331 g/mol. The number of rotatable bonds is 3. The highest BCUT2D eigenvalue weighted by Crippen LogP contribution is 2.32. The monoisotopic (exact) mass is 354 g/mol. The molecule has 3 heterocycles. The molecule has 26 heavy (non-hydrogen) atoms. The highest BCUT2D eigenvalue weighted by Gasteiger charge is 2.30. The maximum atomic E-state index is 14.1. The van der Waals surface area contributed by atoms with Gasteiger partial charge >= 0.3 is 0 Å². The summed E-state index contributed by atoms with van der Waals surface area (Å²) >= 11 is 0. The first kappa shape index (κ1) is 17.1. The maximum absolute atomic E-state index is 14.1. The van der Waals surface area contributed by atoms with E-state index in [0.29, 0.717) is 24.2 Å². The second-order valence-corrected chi connectivity index (χ2v) is 7.08. The number of amides is 1. The average Bonchev–Trinajstić information content (AvgIpc) is 2.66. The van der Waals surface area contributed by atoms with Crippen molar-refractivity contribution in [1.29, 1.82) is 0 Å². The molecule has 6 heteroatoms. The lowest BCUT2D eigenvalue weighted by atomic mass is 9.97. The molecule has 5 nitrogen and oxygen atoms in total. The number of fused-ring (bicyclic) bond motifs is 1. The predicted molar refractivity (Wildman–Crippen MR) is 97.5 cm³/mol. The van der Waals surface area contributed by atoms with Crippen molar-refractivity contribution in [3.63, 3.8) is 0 Å². The molecule has 1 fully saturated rings. The summed E-state index contributed by atoms with van der Waals surface area (Å²) in [4.78, 5) is 23.8. The minimum atomic E-state index is -0.296. The van der Waals surface area contributed by atoms with Gasteiger partial charge in [-0.25, -0.2) is 14.4 Å². The molecule has 1 N–H and O–H groups in total. The van der Waals surface area contributed by atoms with E-state index in [1.807, 2.05) is 6.92 Å². The number of aryl methyl sites for hydroxylation is 1. The van der Waals surface area contributed by atoms with Gasteiger partial charge in [-0.3, -0.25) is 9.69 Å². The van der Waals surface area contributed by atoms with Crippen LogP contribution in [0.1, 0.15) is 47.8 Å². The summed E-state index contributed by atoms with van der Waals surface area (Å²) in [6.07, 6.45) is 3.21. The van der Waals surface area contributed by atoms with Crippen LogP contribution in [0.15, 0.2) is 24.3 Å². The van der Waals surface area contributed by atoms with E-state index in [4.69, 9.17) is 9.97 Å². The number of hydrogen-bond donors (Lipinski definition) is 1. The highest BCUT2D eigenvalue weighted by molar-refractivity contribution is 5.95. The van der Waals surface area contributed by atoms with Crippen LogP contribution in [-0.2, 0) is 17.8 Å². The van der Waals surface area contributed by atoms with Crippen molar-refractivity contribution in [2.24, 2.45) is 0 Å². The van der Waals surface area contributed by atoms with Crippen molar-refractivity contribution < 1.29 is 9.18 Å². The zero-order valence-corrected chi connectivity index (χ0v) is 15.0. The first-order valence-corrected chi connectivity index (χ1v) is 9.25. The van der Waals surface area contributed by atoms with Gasteiger partial charge in [-0.1, -0.05) is 18.2 Å². The average molecular weight is 354 g/mol. The van der Waals surface area contributed by atoms with E-state index in [9.17, 15) is 9.18 Å². The number of carbonyl (C=O) groups excluding carboxylic acids is 1. The number of halogens is 1. The van der Waals surface area contributed by atoms with Crippen LogP contribution in [0.25, 0.3) is 0 Å². The van der Waals surface area contributed by atoms with Crippen molar-refractivity contribution in [2.75, 3.05) is 18.0 Å². The van der Waals surface area contributed by atoms with E-state index in [2.05, 4.69) is 5.32 Å². The first-order chi connectivity index (χ1) is 12.6. The quantitative estimate of drug-likeness (QED) is 0.921. The molecule has 0 radical (unpaired) electrons. The van der Waals surface area contributed by atoms with E-state index in [0.717, 1.165) is 43.0 Å². The molecule has 136 valence electrons. The third-order valence-corrected chi connectivity index (χ3v) is 5.30. The van der Waals surface area contributed by atoms with Crippen molar-refractivity contribution >= 4 is 11.7 Å². The molecule has 1 saturated heterocycles. The second kappa shape index (κ2) is 7.11. The summed E-state index contributed by atoms with van der Waals surface area (Å²) in [6.45, 7) is 4.08. The first-order valence-electron chi connectivity index (χ1n) is 9.25. The number of carbonyl (C=O) groups is 1. The summed E-state index contributed by atoms with van der Waals surface area (Å²) in [6, 6.07) is 6.59. The standard InChI is InChI=1S/C20H23FN4O/c1-13-16-8-9-18(26)25(12-15-5-2-3-7-17(15)21)20(16)24-19(23-13)14-6-4-10-22-11-14/h2-3,5,7,14,22H,4,6,8-12H2,1H3/t14-/m0/s1. The van der Waals surface area contributed by atoms with Gasteiger partial charge in [0.1, 0.15) is 17.5 Å². The SMILES string of the molecule is Cc1nc([C@H]2CCCNC2)nc2c1CCC(=O)N2Cc1ccccc1F. The number of benzene rings is 1. The Balaban J connectivity index is 1.72. The molecule has 1 amide bonds. The topological polar surface area (TPSA) is 58.1 Å². The molecule has 0 saturated carbocycles. The van der Waals surface area contributed by atoms with E-state index >= 15 is 0 Å². The Morgan fingerprint density at radius 3 is 2.88 bits per heavy atom. The summed E-state index contributed by atoms with van der Waals surface area (Å²) in [5, 5.41) is 3.39. The molecule has 4 rings (SSSR count). The van der Waals surface area contributed by atoms with Gasteiger partial charge in [-0.15, -0.1) is 0 Å². The van der Waals surface area contributed by atoms with Gasteiger partial charge in [-0.2, -0.15) is 0 Å². The molecule has 2 aromatic rings. The van der Waals surface area contributed by atoms with Crippen LogP contribution in [0.3, 0.4) is 0 Å². The summed E-state index contributed by atoms with van der Waals surface area (Å²) < 4.78 is 14.1. The van der Waals surface area contributed by atoms with Crippen LogP contribution < -0.4 is 10.2 Å². The molecule has 2 aliphatic rings. The molecule has 2 aliphatic heterocycles. The molecule has 0 spiro atoms. The van der Waals surface area contributed by atoms with Crippen LogP contribution in [-0.4, -0.2) is 29.0 Å². The third-order valence-electron chi connectivity index (χ3n) is 5.30. The minimum absolute atomic E-state index is 0.00780. The van der Waals surface area contributed by atoms with Gasteiger partial charge in [0.05, 0.1) is 6.54 Å². The molecule has 1 atom stereocenters. The fourth-order valence-electron chi connectivity index (χ4n) is 3.82. The fraction of sp³-hybridized carbons (Fsp3) is 0.450. The van der Waals surface area contributed by atoms with Gasteiger partial charge < -0.3 is 5.32 Å². The smallest absolute Gasteiger partial charge is 0.228 e. The van der Waals surface area contributed by atoms with Crippen LogP contribution in [0, 0.1) is 12.7 Å². The van der Waals surface area contributed by atoms with E-state index in [1.165, 1.54) is 6.07 Å². The van der Waals surface area contributed by atoms with Crippen LogP contribution in [0.4, 0.5) is 10.2 Å². The number of anilines is 1. The zero-order valence-electron chi connectivity index (χ0n) is 15.0. The van der Waals surface area contributed by atoms with Gasteiger partial charge in [0.2, 0.25) is 5.91 Å². The Bertz CT molecular complexity index is 833. The van der Waals surface area contributed by atoms with Crippen molar-refractivity contribution in [3.05, 3.63) is 52.7 Å². The van der Waals surface area contributed by atoms with Crippen LogP contribution in [0.5, 0.6) is 0 Å². The Morgan fingerprint density at radius 2 is 2.12 bits per heavy atom. The zero-order chi connectivity index (χ0) is 18.1. The molecule has 1 aromatic carbocycles. The van der Waals surface area contributed by atoms with Crippen molar-refractivity contribution in [1.82, 2.24) is 15.3 Å². The molecule has 0 unspecified atom stereocenters. The lowest BCUT2D eigenvalue weighted by Crippen LogP contribution is -2.37. The van der Waals surface area contributed by atoms with Gasteiger partial charge in [0, 0.05) is 35.7 Å². The Labute approximate surface area is 152 Å². The molecular formula is C20H23FN4O. The fourth-order valence-corrected chi connectivity index (χ4v) is 3.82. The minimum Gasteiger partial charge on any atom is -0.316 e. The van der Waals surface area contributed by atoms with E-state index in [-0.39, 0.29) is 24.2 Å². The van der Waals surface area contributed by atoms with Gasteiger partial charge in [-0.05, 0) is 38.8 Å². The third kappa shape index (κ3) is 3.21. The maximum Gasteiger partial charge on any atom is 0.228 e. The van der Waals surface area contributed by atoms with Crippen molar-refractivity contribution in [3.8, 4) is 0 Å². The Hall–Kier alpha value is -2.34. The summed E-state index contributed by atoms with van der Waals surface area (Å²) in [5.74, 6) is 1.42. The van der Waals surface area contributed by atoms with Crippen LogP contribution >= 0.6 is 0 Å².